The van der Waals surface area contributed by atoms with Crippen molar-refractivity contribution in [2.75, 3.05) is 7.11 Å². The van der Waals surface area contributed by atoms with Crippen LogP contribution in [-0.4, -0.2) is 28.8 Å². The first-order chi connectivity index (χ1) is 15.0. The number of likely N-dealkylation sites (tertiary alicyclic amines) is 1. The molecule has 6 heteroatoms. The van der Waals surface area contributed by atoms with Gasteiger partial charge in [-0.15, -0.1) is 0 Å². The van der Waals surface area contributed by atoms with Crippen molar-refractivity contribution in [3.63, 3.8) is 0 Å². The highest BCUT2D eigenvalue weighted by Gasteiger charge is 2.46. The Morgan fingerprint density at radius 1 is 0.968 bits per heavy atom. The Hall–Kier alpha value is -3.38. The highest BCUT2D eigenvalue weighted by atomic mass is 79.9. The molecule has 0 aliphatic carbocycles. The van der Waals surface area contributed by atoms with Crippen LogP contribution in [0, 0.1) is 0 Å². The molecule has 1 aliphatic heterocycles. The molecule has 0 spiro atoms. The molecule has 5 nitrogen and oxygen atoms in total. The van der Waals surface area contributed by atoms with Crippen LogP contribution >= 0.6 is 15.9 Å². The molecule has 156 valence electrons. The van der Waals surface area contributed by atoms with Crippen LogP contribution < -0.4 is 4.74 Å². The standard InChI is InChI=1S/C25H20BrNO4/c1-31-20-13-9-18(10-14-20)23(28)21-22(17-7-11-19(26)12-8-17)27(25(30)24(21)29)15-16-5-3-2-4-6-16/h2-14,22,28H,15H2,1H3. The number of Topliss-reactive ketones (excluding diaryl/α,β-unsaturated/α-hetero) is 1. The molecule has 1 unspecified atom stereocenters. The summed E-state index contributed by atoms with van der Waals surface area (Å²) in [7, 11) is 1.55. The van der Waals surface area contributed by atoms with Crippen LogP contribution in [-0.2, 0) is 16.1 Å². The van der Waals surface area contributed by atoms with Crippen molar-refractivity contribution in [1.29, 1.82) is 0 Å². The molecule has 1 saturated heterocycles. The number of nitrogens with zero attached hydrogens (tertiary/aromatic N) is 1. The second-order valence-corrected chi connectivity index (χ2v) is 8.11. The summed E-state index contributed by atoms with van der Waals surface area (Å²) in [6, 6.07) is 22.9. The zero-order valence-electron chi connectivity index (χ0n) is 16.8. The Morgan fingerprint density at radius 3 is 2.23 bits per heavy atom. The lowest BCUT2D eigenvalue weighted by molar-refractivity contribution is -0.140. The normalized spacial score (nSPS) is 17.7. The summed E-state index contributed by atoms with van der Waals surface area (Å²) < 4.78 is 6.05. The molecule has 3 aromatic rings. The molecule has 0 aromatic heterocycles. The van der Waals surface area contributed by atoms with Gasteiger partial charge in [0.15, 0.2) is 0 Å². The van der Waals surface area contributed by atoms with E-state index in [2.05, 4.69) is 15.9 Å². The molecule has 1 aliphatic rings. The number of amides is 1. The number of aliphatic hydroxyl groups excluding tert-OH is 1. The van der Waals surface area contributed by atoms with Gasteiger partial charge in [0, 0.05) is 16.6 Å². The molecule has 0 saturated carbocycles. The molecule has 31 heavy (non-hydrogen) atoms. The minimum atomic E-state index is -0.699. The number of halogens is 1. The van der Waals surface area contributed by atoms with Crippen LogP contribution in [0.25, 0.3) is 5.76 Å². The van der Waals surface area contributed by atoms with Gasteiger partial charge in [0.25, 0.3) is 11.7 Å². The van der Waals surface area contributed by atoms with E-state index in [0.717, 1.165) is 15.6 Å². The second-order valence-electron chi connectivity index (χ2n) is 7.19. The van der Waals surface area contributed by atoms with E-state index < -0.39 is 17.7 Å². The van der Waals surface area contributed by atoms with E-state index in [1.54, 1.807) is 31.4 Å². The molecule has 1 heterocycles. The fraction of sp³-hybridized carbons (Fsp3) is 0.120. The van der Waals surface area contributed by atoms with Gasteiger partial charge in [0.05, 0.1) is 18.7 Å². The molecule has 0 radical (unpaired) electrons. The lowest BCUT2D eigenvalue weighted by Crippen LogP contribution is -2.29. The van der Waals surface area contributed by atoms with Crippen LogP contribution in [0.15, 0.2) is 88.9 Å². The quantitative estimate of drug-likeness (QED) is 0.316. The van der Waals surface area contributed by atoms with Crippen LogP contribution in [0.4, 0.5) is 0 Å². The minimum absolute atomic E-state index is 0.0772. The predicted octanol–water partition coefficient (Wildman–Crippen LogP) is 5.08. The Labute approximate surface area is 188 Å². The first kappa shape index (κ1) is 20.9. The predicted molar refractivity (Wildman–Crippen MR) is 121 cm³/mol. The molecule has 3 aromatic carbocycles. The zero-order valence-corrected chi connectivity index (χ0v) is 18.4. The first-order valence-corrected chi connectivity index (χ1v) is 10.5. The van der Waals surface area contributed by atoms with Crippen molar-refractivity contribution in [3.8, 4) is 5.75 Å². The van der Waals surface area contributed by atoms with Crippen molar-refractivity contribution in [1.82, 2.24) is 4.90 Å². The van der Waals surface area contributed by atoms with E-state index in [9.17, 15) is 14.7 Å². The maximum Gasteiger partial charge on any atom is 0.295 e. The number of carbonyl (C=O) groups excluding carboxylic acids is 2. The SMILES string of the molecule is COc1ccc(C(O)=C2C(=O)C(=O)N(Cc3ccccc3)C2c2ccc(Br)cc2)cc1. The van der Waals surface area contributed by atoms with Crippen LogP contribution in [0.5, 0.6) is 5.75 Å². The number of hydrogen-bond donors (Lipinski definition) is 1. The maximum absolute atomic E-state index is 13.1. The lowest BCUT2D eigenvalue weighted by atomic mass is 9.95. The van der Waals surface area contributed by atoms with Crippen LogP contribution in [0.2, 0.25) is 0 Å². The van der Waals surface area contributed by atoms with Gasteiger partial charge in [-0.1, -0.05) is 58.4 Å². The van der Waals surface area contributed by atoms with E-state index in [1.807, 2.05) is 54.6 Å². The number of ketones is 1. The number of rotatable bonds is 5. The Kier molecular flexibility index (Phi) is 5.91. The summed E-state index contributed by atoms with van der Waals surface area (Å²) >= 11 is 3.42. The van der Waals surface area contributed by atoms with E-state index in [0.29, 0.717) is 11.3 Å². The smallest absolute Gasteiger partial charge is 0.295 e. The molecular formula is C25H20BrNO4. The molecule has 1 atom stereocenters. The number of ether oxygens (including phenoxy) is 1. The van der Waals surface area contributed by atoms with Gasteiger partial charge in [-0.3, -0.25) is 9.59 Å². The summed E-state index contributed by atoms with van der Waals surface area (Å²) in [5, 5.41) is 11.1. The average molecular weight is 478 g/mol. The summed E-state index contributed by atoms with van der Waals surface area (Å²) in [6.45, 7) is 0.255. The van der Waals surface area contributed by atoms with E-state index >= 15 is 0 Å². The van der Waals surface area contributed by atoms with E-state index in [4.69, 9.17) is 4.74 Å². The topological polar surface area (TPSA) is 66.8 Å². The molecular weight excluding hydrogens is 458 g/mol. The Morgan fingerprint density at radius 2 is 1.61 bits per heavy atom. The van der Waals surface area contributed by atoms with E-state index in [1.165, 1.54) is 4.90 Å². The third-order valence-electron chi connectivity index (χ3n) is 5.28. The fourth-order valence-corrected chi connectivity index (χ4v) is 3.98. The lowest BCUT2D eigenvalue weighted by Gasteiger charge is -2.25. The highest BCUT2D eigenvalue weighted by molar-refractivity contribution is 9.10. The van der Waals surface area contributed by atoms with Gasteiger partial charge in [0.2, 0.25) is 0 Å². The van der Waals surface area contributed by atoms with Crippen molar-refractivity contribution < 1.29 is 19.4 Å². The van der Waals surface area contributed by atoms with Crippen molar-refractivity contribution in [2.24, 2.45) is 0 Å². The number of hydrogen-bond acceptors (Lipinski definition) is 4. The van der Waals surface area contributed by atoms with Gasteiger partial charge in [0.1, 0.15) is 11.5 Å². The van der Waals surface area contributed by atoms with E-state index in [-0.39, 0.29) is 17.9 Å². The third kappa shape index (κ3) is 4.11. The Balaban J connectivity index is 1.84. The highest BCUT2D eigenvalue weighted by Crippen LogP contribution is 2.40. The fourth-order valence-electron chi connectivity index (χ4n) is 3.72. The minimum Gasteiger partial charge on any atom is -0.507 e. The van der Waals surface area contributed by atoms with Gasteiger partial charge < -0.3 is 14.7 Å². The molecule has 1 fully saturated rings. The Bertz CT molecular complexity index is 1140. The number of carbonyl (C=O) groups is 2. The number of benzene rings is 3. The maximum atomic E-state index is 13.1. The van der Waals surface area contributed by atoms with Gasteiger partial charge >= 0.3 is 0 Å². The molecule has 1 amide bonds. The summed E-state index contributed by atoms with van der Waals surface area (Å²) in [5.74, 6) is -0.904. The first-order valence-electron chi connectivity index (χ1n) is 9.72. The van der Waals surface area contributed by atoms with Crippen LogP contribution in [0.3, 0.4) is 0 Å². The van der Waals surface area contributed by atoms with Gasteiger partial charge in [-0.05, 0) is 47.5 Å². The average Bonchev–Trinajstić information content (AvgIpc) is 3.05. The van der Waals surface area contributed by atoms with Gasteiger partial charge in [-0.2, -0.15) is 0 Å². The monoisotopic (exact) mass is 477 g/mol. The van der Waals surface area contributed by atoms with Crippen molar-refractivity contribution in [3.05, 3.63) is 106 Å². The summed E-state index contributed by atoms with van der Waals surface area (Å²) in [6.07, 6.45) is 0. The molecule has 1 N–H and O–H groups in total. The number of methoxy groups -OCH3 is 1. The van der Waals surface area contributed by atoms with Crippen LogP contribution in [0.1, 0.15) is 22.7 Å². The van der Waals surface area contributed by atoms with Crippen molar-refractivity contribution in [2.45, 2.75) is 12.6 Å². The molecule has 0 bridgehead atoms. The summed E-state index contributed by atoms with van der Waals surface area (Å²) in [5.41, 5.74) is 2.17. The zero-order chi connectivity index (χ0) is 22.0. The number of aliphatic hydroxyl groups is 1. The van der Waals surface area contributed by atoms with Crippen molar-refractivity contribution >= 4 is 33.4 Å². The second kappa shape index (κ2) is 8.78. The van der Waals surface area contributed by atoms with Gasteiger partial charge in [-0.25, -0.2) is 0 Å². The largest absolute Gasteiger partial charge is 0.507 e. The summed E-state index contributed by atoms with van der Waals surface area (Å²) in [4.78, 5) is 27.6. The third-order valence-corrected chi connectivity index (χ3v) is 5.81. The molecule has 4 rings (SSSR count).